The molecule has 0 radical (unpaired) electrons. The van der Waals surface area contributed by atoms with Crippen LogP contribution in [0.4, 0.5) is 0 Å². The molecule has 2 fully saturated rings. The summed E-state index contributed by atoms with van der Waals surface area (Å²) in [6, 6.07) is 11.6. The Morgan fingerprint density at radius 2 is 1.72 bits per heavy atom. The Kier molecular flexibility index (Phi) is 7.94. The van der Waals surface area contributed by atoms with Crippen molar-refractivity contribution in [3.8, 4) is 0 Å². The van der Waals surface area contributed by atoms with E-state index in [9.17, 15) is 8.42 Å². The molecular weight excluding hydrogens is 517 g/mol. The Morgan fingerprint density at radius 1 is 1.03 bits per heavy atom. The Labute approximate surface area is 223 Å². The predicted molar refractivity (Wildman–Crippen MR) is 145 cm³/mol. The van der Waals surface area contributed by atoms with Gasteiger partial charge in [0.1, 0.15) is 0 Å². The van der Waals surface area contributed by atoms with Crippen molar-refractivity contribution in [1.82, 2.24) is 14.5 Å². The highest BCUT2D eigenvalue weighted by atomic mass is 35.5. The minimum absolute atomic E-state index is 0.315. The van der Waals surface area contributed by atoms with Gasteiger partial charge in [-0.05, 0) is 92.4 Å². The van der Waals surface area contributed by atoms with Gasteiger partial charge in [-0.15, -0.1) is 0 Å². The number of hydrogen-bond donors (Lipinski definition) is 0. The van der Waals surface area contributed by atoms with E-state index < -0.39 is 9.84 Å². The van der Waals surface area contributed by atoms with Crippen LogP contribution in [0, 0.1) is 5.92 Å². The van der Waals surface area contributed by atoms with Crippen LogP contribution in [0.5, 0.6) is 0 Å². The highest BCUT2D eigenvalue weighted by Gasteiger charge is 2.28. The minimum atomic E-state index is -3.24. The van der Waals surface area contributed by atoms with Crippen LogP contribution in [-0.2, 0) is 14.6 Å². The quantitative estimate of drug-likeness (QED) is 0.362. The standard InChI is InChI=1S/C27H33Cl2N3O3S/c1-36(33,34)24-2-3-27-26(17-24)30-18-32(27)23-4-9-31(10-5-23)11-6-25(19-7-12-35-13-8-19)20-14-21(28)16-22(29)15-20/h2-3,14-19,23,25H,4-13H2,1H3/t25-/m1/s1. The van der Waals surface area contributed by atoms with Crippen LogP contribution in [0.25, 0.3) is 11.0 Å². The first-order valence-electron chi connectivity index (χ1n) is 12.7. The number of nitrogens with zero attached hydrogens (tertiary/aromatic N) is 3. The molecule has 2 aliphatic rings. The average molecular weight is 551 g/mol. The van der Waals surface area contributed by atoms with Crippen molar-refractivity contribution in [2.45, 2.75) is 49.0 Å². The second kappa shape index (κ2) is 11.0. The highest BCUT2D eigenvalue weighted by molar-refractivity contribution is 7.90. The van der Waals surface area contributed by atoms with Crippen LogP contribution in [0.2, 0.25) is 10.0 Å². The lowest BCUT2D eigenvalue weighted by atomic mass is 9.79. The number of rotatable bonds is 7. The molecule has 3 aromatic rings. The maximum atomic E-state index is 11.9. The van der Waals surface area contributed by atoms with Crippen molar-refractivity contribution in [3.63, 3.8) is 0 Å². The van der Waals surface area contributed by atoms with Crippen LogP contribution in [0.1, 0.15) is 49.6 Å². The zero-order valence-corrected chi connectivity index (χ0v) is 22.9. The van der Waals surface area contributed by atoms with Gasteiger partial charge in [0.05, 0.1) is 22.3 Å². The summed E-state index contributed by atoms with van der Waals surface area (Å²) in [4.78, 5) is 7.38. The van der Waals surface area contributed by atoms with E-state index in [-0.39, 0.29) is 0 Å². The lowest BCUT2D eigenvalue weighted by molar-refractivity contribution is 0.0546. The third kappa shape index (κ3) is 5.91. The number of benzene rings is 2. The van der Waals surface area contributed by atoms with Crippen molar-refractivity contribution in [3.05, 3.63) is 58.3 Å². The van der Waals surface area contributed by atoms with Gasteiger partial charge in [0.25, 0.3) is 0 Å². The topological polar surface area (TPSA) is 64.4 Å². The molecule has 3 heterocycles. The van der Waals surface area contributed by atoms with Crippen LogP contribution >= 0.6 is 23.2 Å². The van der Waals surface area contributed by atoms with Crippen LogP contribution in [0.3, 0.4) is 0 Å². The molecule has 0 N–H and O–H groups in total. The van der Waals surface area contributed by atoms with Crippen LogP contribution in [-0.4, -0.2) is 62.0 Å². The second-order valence-electron chi connectivity index (χ2n) is 10.2. The van der Waals surface area contributed by atoms with Crippen molar-refractivity contribution >= 4 is 44.1 Å². The van der Waals surface area contributed by atoms with E-state index in [2.05, 4.69) is 26.6 Å². The monoisotopic (exact) mass is 549 g/mol. The van der Waals surface area contributed by atoms with E-state index in [1.165, 1.54) is 11.8 Å². The fourth-order valence-corrected chi connectivity index (χ4v) is 7.04. The first-order valence-corrected chi connectivity index (χ1v) is 15.4. The summed E-state index contributed by atoms with van der Waals surface area (Å²) in [6.45, 7) is 4.75. The van der Waals surface area contributed by atoms with Crippen molar-refractivity contribution in [2.75, 3.05) is 39.1 Å². The molecule has 0 saturated carbocycles. The maximum Gasteiger partial charge on any atom is 0.175 e. The summed E-state index contributed by atoms with van der Waals surface area (Å²) < 4.78 is 31.6. The number of imidazole rings is 1. The number of fused-ring (bicyclic) bond motifs is 1. The zero-order chi connectivity index (χ0) is 25.3. The normalized spacial score (nSPS) is 19.6. The molecular formula is C27H33Cl2N3O3S. The van der Waals surface area contributed by atoms with Crippen molar-refractivity contribution in [2.24, 2.45) is 5.92 Å². The third-order valence-corrected chi connectivity index (χ3v) is 9.38. The van der Waals surface area contributed by atoms with Gasteiger partial charge in [0.2, 0.25) is 0 Å². The zero-order valence-electron chi connectivity index (χ0n) is 20.6. The average Bonchev–Trinajstić information content (AvgIpc) is 3.28. The first-order chi connectivity index (χ1) is 17.3. The molecule has 5 rings (SSSR count). The fourth-order valence-electron chi connectivity index (χ4n) is 5.86. The summed E-state index contributed by atoms with van der Waals surface area (Å²) in [5.41, 5.74) is 2.98. The largest absolute Gasteiger partial charge is 0.381 e. The predicted octanol–water partition coefficient (Wildman–Crippen LogP) is 5.98. The Morgan fingerprint density at radius 3 is 2.39 bits per heavy atom. The summed E-state index contributed by atoms with van der Waals surface area (Å²) >= 11 is 12.7. The number of halogens is 2. The molecule has 0 aliphatic carbocycles. The van der Waals surface area contributed by atoms with E-state index in [1.54, 1.807) is 18.2 Å². The molecule has 36 heavy (non-hydrogen) atoms. The van der Waals surface area contributed by atoms with E-state index in [0.29, 0.717) is 32.8 Å². The molecule has 6 nitrogen and oxygen atoms in total. The molecule has 0 spiro atoms. The second-order valence-corrected chi connectivity index (χ2v) is 13.1. The van der Waals surface area contributed by atoms with Gasteiger partial charge in [-0.25, -0.2) is 13.4 Å². The number of hydrogen-bond acceptors (Lipinski definition) is 5. The van der Waals surface area contributed by atoms with Crippen molar-refractivity contribution < 1.29 is 13.2 Å². The third-order valence-electron chi connectivity index (χ3n) is 7.83. The van der Waals surface area contributed by atoms with Gasteiger partial charge in [0.15, 0.2) is 9.84 Å². The van der Waals surface area contributed by atoms with Gasteiger partial charge in [0, 0.05) is 48.6 Å². The molecule has 1 atom stereocenters. The number of aromatic nitrogens is 2. The Bertz CT molecular complexity index is 1290. The Hall–Kier alpha value is -1.64. The van der Waals surface area contributed by atoms with Gasteiger partial charge < -0.3 is 14.2 Å². The molecule has 2 saturated heterocycles. The van der Waals surface area contributed by atoms with Gasteiger partial charge >= 0.3 is 0 Å². The lowest BCUT2D eigenvalue weighted by Crippen LogP contribution is -2.36. The van der Waals surface area contributed by atoms with Gasteiger partial charge in [-0.1, -0.05) is 23.2 Å². The summed E-state index contributed by atoms with van der Waals surface area (Å²) in [7, 11) is -3.24. The molecule has 2 aliphatic heterocycles. The van der Waals surface area contributed by atoms with E-state index >= 15 is 0 Å². The number of ether oxygens (including phenoxy) is 1. The molecule has 9 heteroatoms. The lowest BCUT2D eigenvalue weighted by Gasteiger charge is -2.36. The fraction of sp³-hybridized carbons (Fsp3) is 0.519. The maximum absolute atomic E-state index is 11.9. The van der Waals surface area contributed by atoms with Crippen LogP contribution < -0.4 is 0 Å². The van der Waals surface area contributed by atoms with E-state index in [1.807, 2.05) is 12.4 Å². The van der Waals surface area contributed by atoms with Gasteiger partial charge in [-0.2, -0.15) is 0 Å². The summed E-state index contributed by atoms with van der Waals surface area (Å²) in [5, 5.41) is 1.40. The molecule has 2 aromatic carbocycles. The summed E-state index contributed by atoms with van der Waals surface area (Å²) in [5.74, 6) is 1.00. The molecule has 0 unspecified atom stereocenters. The minimum Gasteiger partial charge on any atom is -0.381 e. The molecule has 194 valence electrons. The van der Waals surface area contributed by atoms with Crippen LogP contribution in [0.15, 0.2) is 47.6 Å². The molecule has 0 bridgehead atoms. The number of likely N-dealkylation sites (tertiary alicyclic amines) is 1. The molecule has 1 aromatic heterocycles. The first kappa shape index (κ1) is 26.0. The van der Waals surface area contributed by atoms with Gasteiger partial charge in [-0.3, -0.25) is 0 Å². The Balaban J connectivity index is 1.23. The smallest absolute Gasteiger partial charge is 0.175 e. The highest BCUT2D eigenvalue weighted by Crippen LogP contribution is 2.38. The van der Waals surface area contributed by atoms with Crippen molar-refractivity contribution in [1.29, 1.82) is 0 Å². The van der Waals surface area contributed by atoms with E-state index in [4.69, 9.17) is 27.9 Å². The number of sulfone groups is 1. The molecule has 0 amide bonds. The summed E-state index contributed by atoms with van der Waals surface area (Å²) in [6.07, 6.45) is 8.41. The number of piperidine rings is 1. The SMILES string of the molecule is CS(=O)(=O)c1ccc2c(c1)ncn2C1CCN(CC[C@@H](c2cc(Cl)cc(Cl)c2)C2CCOCC2)CC1. The van der Waals surface area contributed by atoms with E-state index in [0.717, 1.165) is 76.0 Å².